The highest BCUT2D eigenvalue weighted by Crippen LogP contribution is 2.13. The quantitative estimate of drug-likeness (QED) is 0.911. The summed E-state index contributed by atoms with van der Waals surface area (Å²) in [6, 6.07) is 12.5. The molecule has 2 aromatic rings. The third-order valence-electron chi connectivity index (χ3n) is 2.76. The summed E-state index contributed by atoms with van der Waals surface area (Å²) in [4.78, 5) is 3.91. The van der Waals surface area contributed by atoms with Crippen LogP contribution in [0.25, 0.3) is 0 Å². The molecule has 2 rings (SSSR count). The number of sulfonamides is 1. The SMILES string of the molecule is CC(NS(=O)(=O)Cc1ccccc1)c1ccncc1. The number of rotatable bonds is 5. The zero-order valence-corrected chi connectivity index (χ0v) is 11.5. The number of nitrogens with zero attached hydrogens (tertiary/aromatic N) is 1. The van der Waals surface area contributed by atoms with Gasteiger partial charge in [-0.15, -0.1) is 0 Å². The first-order valence-electron chi connectivity index (χ1n) is 6.01. The fourth-order valence-electron chi connectivity index (χ4n) is 1.82. The standard InChI is InChI=1S/C14H16N2O2S/c1-12(14-7-9-15-10-8-14)16-19(17,18)11-13-5-3-2-4-6-13/h2-10,12,16H,11H2,1H3. The summed E-state index contributed by atoms with van der Waals surface area (Å²) in [5, 5.41) is 0. The van der Waals surface area contributed by atoms with E-state index >= 15 is 0 Å². The summed E-state index contributed by atoms with van der Waals surface area (Å²) in [7, 11) is -3.35. The molecule has 0 fully saturated rings. The smallest absolute Gasteiger partial charge is 0.216 e. The van der Waals surface area contributed by atoms with E-state index in [4.69, 9.17) is 0 Å². The summed E-state index contributed by atoms with van der Waals surface area (Å²) in [5.41, 5.74) is 1.67. The van der Waals surface area contributed by atoms with Crippen molar-refractivity contribution in [3.05, 3.63) is 66.0 Å². The number of nitrogens with one attached hydrogen (secondary N) is 1. The molecule has 0 amide bonds. The van der Waals surface area contributed by atoms with Crippen molar-refractivity contribution >= 4 is 10.0 Å². The zero-order valence-electron chi connectivity index (χ0n) is 10.7. The van der Waals surface area contributed by atoms with Crippen molar-refractivity contribution in [1.82, 2.24) is 9.71 Å². The van der Waals surface area contributed by atoms with E-state index in [-0.39, 0.29) is 11.8 Å². The minimum absolute atomic E-state index is 0.0107. The second-order valence-corrected chi connectivity index (χ2v) is 6.12. The van der Waals surface area contributed by atoms with Crippen LogP contribution in [0.2, 0.25) is 0 Å². The van der Waals surface area contributed by atoms with Crippen LogP contribution in [0.4, 0.5) is 0 Å². The largest absolute Gasteiger partial charge is 0.265 e. The average molecular weight is 276 g/mol. The molecule has 100 valence electrons. The molecular formula is C14H16N2O2S. The van der Waals surface area contributed by atoms with Gasteiger partial charge >= 0.3 is 0 Å². The lowest BCUT2D eigenvalue weighted by atomic mass is 10.1. The molecule has 1 N–H and O–H groups in total. The highest BCUT2D eigenvalue weighted by Gasteiger charge is 2.16. The average Bonchev–Trinajstić information content (AvgIpc) is 2.39. The van der Waals surface area contributed by atoms with Gasteiger partial charge in [0.1, 0.15) is 0 Å². The van der Waals surface area contributed by atoms with Gasteiger partial charge in [-0.1, -0.05) is 30.3 Å². The number of pyridine rings is 1. The second-order valence-electron chi connectivity index (χ2n) is 4.36. The van der Waals surface area contributed by atoms with Gasteiger partial charge < -0.3 is 0 Å². The van der Waals surface area contributed by atoms with Crippen molar-refractivity contribution in [3.8, 4) is 0 Å². The van der Waals surface area contributed by atoms with Crippen LogP contribution in [0.3, 0.4) is 0 Å². The van der Waals surface area contributed by atoms with E-state index in [0.717, 1.165) is 11.1 Å². The van der Waals surface area contributed by atoms with Crippen LogP contribution in [-0.2, 0) is 15.8 Å². The molecule has 1 atom stereocenters. The Morgan fingerprint density at radius 1 is 1.11 bits per heavy atom. The summed E-state index contributed by atoms with van der Waals surface area (Å²) in [6.45, 7) is 1.82. The summed E-state index contributed by atoms with van der Waals surface area (Å²) >= 11 is 0. The second kappa shape index (κ2) is 5.95. The van der Waals surface area contributed by atoms with E-state index in [1.165, 1.54) is 0 Å². The predicted octanol–water partition coefficient (Wildman–Crippen LogP) is 2.26. The summed E-state index contributed by atoms with van der Waals surface area (Å²) in [5.74, 6) is -0.0107. The number of hydrogen-bond acceptors (Lipinski definition) is 3. The van der Waals surface area contributed by atoms with Crippen molar-refractivity contribution < 1.29 is 8.42 Å². The Hall–Kier alpha value is -1.72. The van der Waals surface area contributed by atoms with Crippen molar-refractivity contribution in [2.24, 2.45) is 0 Å². The van der Waals surface area contributed by atoms with Crippen molar-refractivity contribution in [1.29, 1.82) is 0 Å². The Morgan fingerprint density at radius 2 is 1.74 bits per heavy atom. The van der Waals surface area contributed by atoms with E-state index in [9.17, 15) is 8.42 Å². The van der Waals surface area contributed by atoms with E-state index in [1.54, 1.807) is 36.7 Å². The minimum atomic E-state index is -3.35. The third kappa shape index (κ3) is 4.15. The molecule has 0 spiro atoms. The van der Waals surface area contributed by atoms with Gasteiger partial charge in [-0.3, -0.25) is 4.98 Å². The molecule has 0 saturated carbocycles. The first-order valence-corrected chi connectivity index (χ1v) is 7.66. The van der Waals surface area contributed by atoms with Crippen LogP contribution < -0.4 is 4.72 Å². The Bertz CT molecular complexity index is 612. The molecule has 1 unspecified atom stereocenters. The summed E-state index contributed by atoms with van der Waals surface area (Å²) in [6.07, 6.45) is 3.30. The van der Waals surface area contributed by atoms with E-state index in [0.29, 0.717) is 0 Å². The van der Waals surface area contributed by atoms with Crippen LogP contribution in [0, 0.1) is 0 Å². The molecule has 0 bridgehead atoms. The molecule has 1 aromatic heterocycles. The van der Waals surface area contributed by atoms with Crippen LogP contribution in [0.1, 0.15) is 24.1 Å². The Morgan fingerprint density at radius 3 is 2.37 bits per heavy atom. The summed E-state index contributed by atoms with van der Waals surface area (Å²) < 4.78 is 26.8. The maximum Gasteiger partial charge on any atom is 0.216 e. The molecule has 1 heterocycles. The number of benzene rings is 1. The number of hydrogen-bond donors (Lipinski definition) is 1. The maximum absolute atomic E-state index is 12.1. The predicted molar refractivity (Wildman–Crippen MR) is 74.9 cm³/mol. The van der Waals surface area contributed by atoms with Crippen LogP contribution in [0.5, 0.6) is 0 Å². The van der Waals surface area contributed by atoms with Crippen molar-refractivity contribution in [2.75, 3.05) is 0 Å². The van der Waals surface area contributed by atoms with Crippen LogP contribution >= 0.6 is 0 Å². The van der Waals surface area contributed by atoms with Gasteiger partial charge in [-0.05, 0) is 30.2 Å². The first-order chi connectivity index (χ1) is 9.07. The number of aromatic nitrogens is 1. The van der Waals surface area contributed by atoms with Crippen LogP contribution in [-0.4, -0.2) is 13.4 Å². The van der Waals surface area contributed by atoms with Crippen molar-refractivity contribution in [3.63, 3.8) is 0 Å². The molecule has 0 aliphatic heterocycles. The lowest BCUT2D eigenvalue weighted by Gasteiger charge is -2.14. The van der Waals surface area contributed by atoms with Gasteiger partial charge in [0, 0.05) is 18.4 Å². The van der Waals surface area contributed by atoms with Crippen LogP contribution in [0.15, 0.2) is 54.9 Å². The Kier molecular flexibility index (Phi) is 4.29. The molecule has 19 heavy (non-hydrogen) atoms. The molecule has 1 aromatic carbocycles. The third-order valence-corrected chi connectivity index (χ3v) is 4.19. The zero-order chi connectivity index (χ0) is 13.7. The van der Waals surface area contributed by atoms with E-state index in [1.807, 2.05) is 25.1 Å². The molecule has 0 aliphatic rings. The highest BCUT2D eigenvalue weighted by atomic mass is 32.2. The molecule has 4 nitrogen and oxygen atoms in total. The molecule has 0 saturated heterocycles. The first kappa shape index (κ1) is 13.7. The fraction of sp³-hybridized carbons (Fsp3) is 0.214. The fourth-order valence-corrected chi connectivity index (χ4v) is 3.21. The van der Waals surface area contributed by atoms with E-state index < -0.39 is 10.0 Å². The van der Waals surface area contributed by atoms with Gasteiger partial charge in [-0.25, -0.2) is 13.1 Å². The van der Waals surface area contributed by atoms with Gasteiger partial charge in [0.2, 0.25) is 10.0 Å². The molecular weight excluding hydrogens is 260 g/mol. The Balaban J connectivity index is 2.06. The van der Waals surface area contributed by atoms with Crippen molar-refractivity contribution in [2.45, 2.75) is 18.7 Å². The lowest BCUT2D eigenvalue weighted by Crippen LogP contribution is -2.28. The van der Waals surface area contributed by atoms with Gasteiger partial charge in [0.05, 0.1) is 5.75 Å². The topological polar surface area (TPSA) is 59.1 Å². The molecule has 0 aliphatic carbocycles. The Labute approximate surface area is 113 Å². The van der Waals surface area contributed by atoms with E-state index in [2.05, 4.69) is 9.71 Å². The lowest BCUT2D eigenvalue weighted by molar-refractivity contribution is 0.566. The monoisotopic (exact) mass is 276 g/mol. The highest BCUT2D eigenvalue weighted by molar-refractivity contribution is 7.88. The normalized spacial score (nSPS) is 13.1. The van der Waals surface area contributed by atoms with Gasteiger partial charge in [0.15, 0.2) is 0 Å². The maximum atomic E-state index is 12.1. The minimum Gasteiger partial charge on any atom is -0.265 e. The van der Waals surface area contributed by atoms with Gasteiger partial charge in [-0.2, -0.15) is 0 Å². The molecule has 5 heteroatoms. The van der Waals surface area contributed by atoms with Gasteiger partial charge in [0.25, 0.3) is 0 Å². The molecule has 0 radical (unpaired) electrons.